The lowest BCUT2D eigenvalue weighted by Gasteiger charge is -2.15. The minimum atomic E-state index is -0.0498. The summed E-state index contributed by atoms with van der Waals surface area (Å²) in [6.45, 7) is 3.59. The van der Waals surface area contributed by atoms with E-state index in [9.17, 15) is 4.79 Å². The number of likely N-dealkylation sites (N-methyl/N-ethyl adjacent to an activating group) is 1. The number of hydrogen-bond acceptors (Lipinski definition) is 3. The van der Waals surface area contributed by atoms with Crippen molar-refractivity contribution in [1.29, 1.82) is 0 Å². The van der Waals surface area contributed by atoms with Crippen molar-refractivity contribution in [1.82, 2.24) is 15.2 Å². The monoisotopic (exact) mass is 419 g/mol. The number of nitrogens with two attached hydrogens (primary N) is 1. The van der Waals surface area contributed by atoms with Crippen LogP contribution in [0, 0.1) is 0 Å². The van der Waals surface area contributed by atoms with Crippen LogP contribution in [0.5, 0.6) is 0 Å². The summed E-state index contributed by atoms with van der Waals surface area (Å²) in [5, 5.41) is 2.98. The molecule has 1 aromatic rings. The Bertz CT molecular complexity index is 453. The molecule has 0 unspecified atom stereocenters. The Morgan fingerprint density at radius 3 is 2.86 bits per heavy atom. The topological polar surface area (TPSA) is 83.6 Å². The Labute approximate surface area is 149 Å². The number of carbonyl (C=O) groups is 1. The maximum absolute atomic E-state index is 11.9. The molecule has 1 heterocycles. The third kappa shape index (κ3) is 8.81. The van der Waals surface area contributed by atoms with Crippen LogP contribution in [-0.2, 0) is 11.2 Å². The number of nitrogens with one attached hydrogen (secondary N) is 1. The Morgan fingerprint density at radius 2 is 2.23 bits per heavy atom. The van der Waals surface area contributed by atoms with Gasteiger partial charge in [0.05, 0.1) is 0 Å². The molecule has 1 amide bonds. The SMILES string of the molecule is CCCCNC(N)=NCC(=O)N(C)CCc1ccccn1.I. The van der Waals surface area contributed by atoms with E-state index in [2.05, 4.69) is 22.2 Å². The van der Waals surface area contributed by atoms with Gasteiger partial charge in [-0.3, -0.25) is 9.78 Å². The standard InChI is InChI=1S/C15H25N5O.HI/c1-3-4-9-18-15(16)19-12-14(21)20(2)11-8-13-7-5-6-10-17-13;/h5-7,10H,3-4,8-9,11-12H2,1-2H3,(H3,16,18,19);1H. The first-order chi connectivity index (χ1) is 10.1. The van der Waals surface area contributed by atoms with Crippen molar-refractivity contribution in [3.05, 3.63) is 30.1 Å². The zero-order chi connectivity index (χ0) is 15.5. The largest absolute Gasteiger partial charge is 0.370 e. The molecule has 7 heteroatoms. The molecule has 124 valence electrons. The molecule has 0 atom stereocenters. The summed E-state index contributed by atoms with van der Waals surface area (Å²) in [4.78, 5) is 21.8. The number of halogens is 1. The third-order valence-corrected chi connectivity index (χ3v) is 3.08. The molecule has 0 fully saturated rings. The third-order valence-electron chi connectivity index (χ3n) is 3.08. The van der Waals surface area contributed by atoms with Crippen molar-refractivity contribution in [3.63, 3.8) is 0 Å². The van der Waals surface area contributed by atoms with Crippen LogP contribution in [-0.4, -0.2) is 48.4 Å². The van der Waals surface area contributed by atoms with Crippen LogP contribution in [0.15, 0.2) is 29.4 Å². The van der Waals surface area contributed by atoms with Gasteiger partial charge in [-0.05, 0) is 18.6 Å². The van der Waals surface area contributed by atoms with Gasteiger partial charge in [0.2, 0.25) is 5.91 Å². The second kappa shape index (κ2) is 12.2. The fourth-order valence-corrected chi connectivity index (χ4v) is 1.68. The molecule has 0 saturated carbocycles. The quantitative estimate of drug-likeness (QED) is 0.289. The summed E-state index contributed by atoms with van der Waals surface area (Å²) in [5.74, 6) is 0.279. The van der Waals surface area contributed by atoms with Crippen LogP contribution in [0.4, 0.5) is 0 Å². The summed E-state index contributed by atoms with van der Waals surface area (Å²) in [6.07, 6.45) is 4.62. The van der Waals surface area contributed by atoms with E-state index >= 15 is 0 Å². The molecule has 3 N–H and O–H groups in total. The molecule has 6 nitrogen and oxygen atoms in total. The molecular formula is C15H26IN5O. The molecule has 0 radical (unpaired) electrons. The minimum Gasteiger partial charge on any atom is -0.370 e. The van der Waals surface area contributed by atoms with E-state index in [1.54, 1.807) is 18.1 Å². The highest BCUT2D eigenvalue weighted by molar-refractivity contribution is 14.0. The maximum Gasteiger partial charge on any atom is 0.244 e. The van der Waals surface area contributed by atoms with Crippen molar-refractivity contribution >= 4 is 35.8 Å². The summed E-state index contributed by atoms with van der Waals surface area (Å²) in [7, 11) is 1.77. The Kier molecular flexibility index (Phi) is 11.4. The fraction of sp³-hybridized carbons (Fsp3) is 0.533. The fourth-order valence-electron chi connectivity index (χ4n) is 1.68. The van der Waals surface area contributed by atoms with Crippen LogP contribution in [0.25, 0.3) is 0 Å². The highest BCUT2D eigenvalue weighted by Gasteiger charge is 2.08. The van der Waals surface area contributed by atoms with E-state index < -0.39 is 0 Å². The van der Waals surface area contributed by atoms with E-state index in [-0.39, 0.29) is 36.4 Å². The van der Waals surface area contributed by atoms with E-state index in [1.165, 1.54) is 0 Å². The van der Waals surface area contributed by atoms with Gasteiger partial charge in [-0.15, -0.1) is 24.0 Å². The molecule has 0 aliphatic heterocycles. The van der Waals surface area contributed by atoms with E-state index in [4.69, 9.17) is 5.73 Å². The number of nitrogens with zero attached hydrogens (tertiary/aromatic N) is 3. The average Bonchev–Trinajstić information content (AvgIpc) is 2.51. The van der Waals surface area contributed by atoms with Crippen molar-refractivity contribution in [2.75, 3.05) is 26.7 Å². The van der Waals surface area contributed by atoms with Crippen molar-refractivity contribution in [2.24, 2.45) is 10.7 Å². The summed E-state index contributed by atoms with van der Waals surface area (Å²) >= 11 is 0. The van der Waals surface area contributed by atoms with Crippen molar-refractivity contribution in [2.45, 2.75) is 26.2 Å². The van der Waals surface area contributed by atoms with Gasteiger partial charge >= 0.3 is 0 Å². The second-order valence-corrected chi connectivity index (χ2v) is 4.87. The first-order valence-corrected chi connectivity index (χ1v) is 7.31. The molecule has 22 heavy (non-hydrogen) atoms. The molecule has 0 aliphatic carbocycles. The lowest BCUT2D eigenvalue weighted by molar-refractivity contribution is -0.128. The maximum atomic E-state index is 11.9. The number of amides is 1. The van der Waals surface area contributed by atoms with Gasteiger partial charge in [-0.2, -0.15) is 0 Å². The first kappa shape index (κ1) is 20.6. The number of guanidine groups is 1. The summed E-state index contributed by atoms with van der Waals surface area (Å²) in [6, 6.07) is 5.77. The molecule has 0 spiro atoms. The van der Waals surface area contributed by atoms with E-state index in [0.717, 1.165) is 31.5 Å². The zero-order valence-corrected chi connectivity index (χ0v) is 15.6. The predicted molar refractivity (Wildman–Crippen MR) is 100 cm³/mol. The lowest BCUT2D eigenvalue weighted by atomic mass is 10.2. The number of pyridine rings is 1. The van der Waals surface area contributed by atoms with Crippen LogP contribution in [0.2, 0.25) is 0 Å². The van der Waals surface area contributed by atoms with Gasteiger partial charge in [0.25, 0.3) is 0 Å². The highest BCUT2D eigenvalue weighted by atomic mass is 127. The Balaban J connectivity index is 0.00000441. The van der Waals surface area contributed by atoms with Gasteiger partial charge in [0, 0.05) is 38.4 Å². The molecule has 0 aliphatic rings. The number of rotatable bonds is 8. The van der Waals surface area contributed by atoms with Crippen LogP contribution in [0.1, 0.15) is 25.5 Å². The van der Waals surface area contributed by atoms with Gasteiger partial charge in [0.1, 0.15) is 6.54 Å². The first-order valence-electron chi connectivity index (χ1n) is 7.31. The van der Waals surface area contributed by atoms with Gasteiger partial charge in [0.15, 0.2) is 5.96 Å². The van der Waals surface area contributed by atoms with Crippen LogP contribution < -0.4 is 11.1 Å². The average molecular weight is 419 g/mol. The molecule has 1 rings (SSSR count). The van der Waals surface area contributed by atoms with Gasteiger partial charge < -0.3 is 16.0 Å². The lowest BCUT2D eigenvalue weighted by Crippen LogP contribution is -2.35. The van der Waals surface area contributed by atoms with Gasteiger partial charge in [-0.1, -0.05) is 19.4 Å². The van der Waals surface area contributed by atoms with Crippen LogP contribution >= 0.6 is 24.0 Å². The Hall–Kier alpha value is -1.38. The number of aliphatic imine (C=N–C) groups is 1. The van der Waals surface area contributed by atoms with Crippen molar-refractivity contribution < 1.29 is 4.79 Å². The Morgan fingerprint density at radius 1 is 1.45 bits per heavy atom. The van der Waals surface area contributed by atoms with Crippen LogP contribution in [0.3, 0.4) is 0 Å². The second-order valence-electron chi connectivity index (χ2n) is 4.87. The number of carbonyl (C=O) groups excluding carboxylic acids is 1. The van der Waals surface area contributed by atoms with Crippen molar-refractivity contribution in [3.8, 4) is 0 Å². The number of hydrogen-bond donors (Lipinski definition) is 2. The van der Waals surface area contributed by atoms with Gasteiger partial charge in [-0.25, -0.2) is 4.99 Å². The smallest absolute Gasteiger partial charge is 0.244 e. The number of aromatic nitrogens is 1. The molecule has 1 aromatic heterocycles. The molecule has 0 saturated heterocycles. The predicted octanol–water partition coefficient (Wildman–Crippen LogP) is 1.40. The molecule has 0 bridgehead atoms. The normalized spacial score (nSPS) is 10.7. The number of unbranched alkanes of at least 4 members (excludes halogenated alkanes) is 1. The van der Waals surface area contributed by atoms with E-state index in [0.29, 0.717) is 12.5 Å². The summed E-state index contributed by atoms with van der Waals surface area (Å²) in [5.41, 5.74) is 6.66. The zero-order valence-electron chi connectivity index (χ0n) is 13.3. The summed E-state index contributed by atoms with van der Waals surface area (Å²) < 4.78 is 0. The molecular weight excluding hydrogens is 393 g/mol. The van der Waals surface area contributed by atoms with E-state index in [1.807, 2.05) is 18.2 Å². The minimum absolute atomic E-state index is 0. The highest BCUT2D eigenvalue weighted by Crippen LogP contribution is 1.97. The molecule has 0 aromatic carbocycles.